The van der Waals surface area contributed by atoms with Crippen molar-refractivity contribution in [2.75, 3.05) is 37.7 Å². The molecule has 4 rings (SSSR count). The lowest BCUT2D eigenvalue weighted by Crippen LogP contribution is -2.53. The minimum Gasteiger partial charge on any atom is -0.487 e. The number of halogens is 1. The molecule has 0 aliphatic carbocycles. The number of rotatable bonds is 2. The number of pyridine rings is 1. The number of carboxylic acids is 1. The maximum Gasteiger partial charge on any atom is 0.341 e. The highest BCUT2D eigenvalue weighted by molar-refractivity contribution is 5.97. The third kappa shape index (κ3) is 3.15. The number of aromatic carboxylic acids is 1. The highest BCUT2D eigenvalue weighted by Crippen LogP contribution is 2.42. The smallest absolute Gasteiger partial charge is 0.341 e. The first kappa shape index (κ1) is 19.7. The monoisotopic (exact) mass is 403 g/mol. The third-order valence-electron chi connectivity index (χ3n) is 5.92. The molecule has 8 heteroatoms. The molecule has 2 aliphatic rings. The standard InChI is InChI=1S/C21H26FN3O4/c1-12-11-29-19-16-13(18(26)14(20(27)28)10-25(12)16)9-15(22)17(19)23-5-7-24(8-6-23)21(2,3)4/h9-10,12H,5-8,11H2,1-4H3,(H,27,28)/t12-/m0/s1. The quantitative estimate of drug-likeness (QED) is 0.831. The summed E-state index contributed by atoms with van der Waals surface area (Å²) in [6.07, 6.45) is 1.35. The summed E-state index contributed by atoms with van der Waals surface area (Å²) in [5, 5.41) is 9.43. The van der Waals surface area contributed by atoms with Crippen LogP contribution in [0.3, 0.4) is 0 Å². The van der Waals surface area contributed by atoms with Gasteiger partial charge in [-0.1, -0.05) is 0 Å². The van der Waals surface area contributed by atoms with Crippen LogP contribution in [0.25, 0.3) is 10.9 Å². The maximum absolute atomic E-state index is 15.2. The first-order valence-electron chi connectivity index (χ1n) is 9.87. The number of anilines is 1. The van der Waals surface area contributed by atoms with Crippen LogP contribution in [0.4, 0.5) is 10.1 Å². The van der Waals surface area contributed by atoms with E-state index in [1.165, 1.54) is 6.20 Å². The van der Waals surface area contributed by atoms with E-state index in [0.29, 0.717) is 30.0 Å². The Bertz CT molecular complexity index is 1050. The number of carboxylic acid groups (broad SMARTS) is 1. The molecule has 2 aliphatic heterocycles. The van der Waals surface area contributed by atoms with E-state index in [-0.39, 0.29) is 29.1 Å². The van der Waals surface area contributed by atoms with Gasteiger partial charge in [0.25, 0.3) is 0 Å². The van der Waals surface area contributed by atoms with Crippen molar-refractivity contribution >= 4 is 22.6 Å². The summed E-state index contributed by atoms with van der Waals surface area (Å²) in [6.45, 7) is 11.5. The lowest BCUT2D eigenvalue weighted by Gasteiger charge is -2.43. The van der Waals surface area contributed by atoms with E-state index in [1.807, 2.05) is 11.8 Å². The molecule has 0 radical (unpaired) electrons. The number of nitrogens with zero attached hydrogens (tertiary/aromatic N) is 3. The molecule has 1 aromatic carbocycles. The van der Waals surface area contributed by atoms with Crippen molar-refractivity contribution in [3.8, 4) is 5.75 Å². The van der Waals surface area contributed by atoms with Crippen molar-refractivity contribution in [1.82, 2.24) is 9.47 Å². The van der Waals surface area contributed by atoms with Gasteiger partial charge < -0.3 is 19.3 Å². The molecule has 1 N–H and O–H groups in total. The molecule has 0 saturated carbocycles. The van der Waals surface area contributed by atoms with E-state index in [4.69, 9.17) is 4.74 Å². The van der Waals surface area contributed by atoms with E-state index < -0.39 is 17.2 Å². The molecule has 3 heterocycles. The van der Waals surface area contributed by atoms with Gasteiger partial charge in [-0.25, -0.2) is 9.18 Å². The molecular formula is C21H26FN3O4. The molecule has 7 nitrogen and oxygen atoms in total. The van der Waals surface area contributed by atoms with E-state index in [1.54, 1.807) is 4.57 Å². The average Bonchev–Trinajstić information content (AvgIpc) is 2.65. The largest absolute Gasteiger partial charge is 0.487 e. The third-order valence-corrected chi connectivity index (χ3v) is 5.92. The second-order valence-corrected chi connectivity index (χ2v) is 8.82. The first-order valence-corrected chi connectivity index (χ1v) is 9.87. The van der Waals surface area contributed by atoms with Crippen LogP contribution in [-0.4, -0.2) is 58.9 Å². The topological polar surface area (TPSA) is 75.0 Å². The number of hydrogen-bond donors (Lipinski definition) is 1. The molecule has 0 bridgehead atoms. The Labute approximate surface area is 168 Å². The van der Waals surface area contributed by atoms with Gasteiger partial charge in [0.1, 0.15) is 17.9 Å². The Hall–Kier alpha value is -2.61. The molecular weight excluding hydrogens is 377 g/mol. The van der Waals surface area contributed by atoms with Gasteiger partial charge >= 0.3 is 5.97 Å². The van der Waals surface area contributed by atoms with Crippen LogP contribution >= 0.6 is 0 Å². The summed E-state index contributed by atoms with van der Waals surface area (Å²) in [4.78, 5) is 28.5. The number of aromatic nitrogens is 1. The molecule has 0 unspecified atom stereocenters. The Morgan fingerprint density at radius 3 is 2.48 bits per heavy atom. The van der Waals surface area contributed by atoms with Crippen LogP contribution in [0.2, 0.25) is 0 Å². The normalized spacial score (nSPS) is 20.0. The van der Waals surface area contributed by atoms with E-state index in [0.717, 1.165) is 19.2 Å². The van der Waals surface area contributed by atoms with Gasteiger partial charge in [-0.2, -0.15) is 0 Å². The zero-order valence-corrected chi connectivity index (χ0v) is 17.2. The summed E-state index contributed by atoms with van der Waals surface area (Å²) in [7, 11) is 0. The van der Waals surface area contributed by atoms with Crippen LogP contribution < -0.4 is 15.1 Å². The second kappa shape index (κ2) is 6.73. The highest BCUT2D eigenvalue weighted by atomic mass is 19.1. The molecule has 2 aromatic rings. The Morgan fingerprint density at radius 1 is 1.24 bits per heavy atom. The summed E-state index contributed by atoms with van der Waals surface area (Å²) >= 11 is 0. The van der Waals surface area contributed by atoms with Crippen molar-refractivity contribution in [3.63, 3.8) is 0 Å². The van der Waals surface area contributed by atoms with Crippen molar-refractivity contribution in [1.29, 1.82) is 0 Å². The van der Waals surface area contributed by atoms with E-state index >= 15 is 4.39 Å². The van der Waals surface area contributed by atoms with Crippen molar-refractivity contribution in [2.45, 2.75) is 39.3 Å². The SMILES string of the molecule is C[C@H]1COc2c(N3CCN(C(C)(C)C)CC3)c(F)cc3c(=O)c(C(=O)O)cn1c23. The zero-order chi connectivity index (χ0) is 21.1. The Balaban J connectivity index is 1.86. The predicted molar refractivity (Wildman–Crippen MR) is 109 cm³/mol. The fraction of sp³-hybridized carbons (Fsp3) is 0.524. The van der Waals surface area contributed by atoms with E-state index in [9.17, 15) is 14.7 Å². The number of hydrogen-bond acceptors (Lipinski definition) is 5. The van der Waals surface area contributed by atoms with Gasteiger partial charge in [0.2, 0.25) is 5.43 Å². The zero-order valence-electron chi connectivity index (χ0n) is 17.2. The van der Waals surface area contributed by atoms with Crippen LogP contribution in [0.1, 0.15) is 44.1 Å². The number of benzene rings is 1. The fourth-order valence-corrected chi connectivity index (χ4v) is 4.26. The van der Waals surface area contributed by atoms with Gasteiger partial charge in [-0.3, -0.25) is 9.69 Å². The van der Waals surface area contributed by atoms with Crippen molar-refractivity contribution in [2.24, 2.45) is 0 Å². The summed E-state index contributed by atoms with van der Waals surface area (Å²) in [5.74, 6) is -1.54. The van der Waals surface area contributed by atoms with E-state index in [2.05, 4.69) is 25.7 Å². The van der Waals surface area contributed by atoms with Crippen molar-refractivity contribution in [3.05, 3.63) is 33.9 Å². The molecule has 1 aromatic heterocycles. The summed E-state index contributed by atoms with van der Waals surface area (Å²) < 4.78 is 22.9. The predicted octanol–water partition coefficient (Wildman–Crippen LogP) is 2.71. The number of carbonyl (C=O) groups is 1. The minimum atomic E-state index is -1.32. The lowest BCUT2D eigenvalue weighted by molar-refractivity contribution is 0.0694. The lowest BCUT2D eigenvalue weighted by atomic mass is 10.0. The molecule has 29 heavy (non-hydrogen) atoms. The minimum absolute atomic E-state index is 0.0426. The number of ether oxygens (including phenoxy) is 1. The fourth-order valence-electron chi connectivity index (χ4n) is 4.26. The second-order valence-electron chi connectivity index (χ2n) is 8.82. The van der Waals surface area contributed by atoms with Gasteiger partial charge in [-0.05, 0) is 33.8 Å². The van der Waals surface area contributed by atoms with Gasteiger partial charge in [0.05, 0.1) is 16.9 Å². The van der Waals surface area contributed by atoms with Gasteiger partial charge in [0, 0.05) is 37.9 Å². The molecule has 0 spiro atoms. The van der Waals surface area contributed by atoms with Crippen LogP contribution in [0.15, 0.2) is 17.1 Å². The number of piperazine rings is 1. The molecule has 1 fully saturated rings. The molecule has 156 valence electrons. The van der Waals surface area contributed by atoms with Gasteiger partial charge in [-0.15, -0.1) is 0 Å². The Morgan fingerprint density at radius 2 is 1.90 bits per heavy atom. The average molecular weight is 403 g/mol. The molecule has 1 atom stereocenters. The summed E-state index contributed by atoms with van der Waals surface area (Å²) in [6, 6.07) is 0.997. The van der Waals surface area contributed by atoms with Crippen LogP contribution in [-0.2, 0) is 0 Å². The van der Waals surface area contributed by atoms with Crippen molar-refractivity contribution < 1.29 is 19.0 Å². The van der Waals surface area contributed by atoms with Crippen LogP contribution in [0.5, 0.6) is 5.75 Å². The van der Waals surface area contributed by atoms with Gasteiger partial charge in [0.15, 0.2) is 11.6 Å². The molecule has 0 amide bonds. The summed E-state index contributed by atoms with van der Waals surface area (Å²) in [5.41, 5.74) is -0.182. The highest BCUT2D eigenvalue weighted by Gasteiger charge is 2.32. The van der Waals surface area contributed by atoms with Crippen LogP contribution in [0, 0.1) is 5.82 Å². The first-order chi connectivity index (χ1) is 13.6. The molecule has 1 saturated heterocycles. The maximum atomic E-state index is 15.2. The Kier molecular flexibility index (Phi) is 4.57.